The lowest BCUT2D eigenvalue weighted by molar-refractivity contribution is 0.100. The molecule has 3 heterocycles. The van der Waals surface area contributed by atoms with Gasteiger partial charge in [-0.3, -0.25) is 4.79 Å². The first-order valence-corrected chi connectivity index (χ1v) is 8.16. The number of carbonyl (C=O) groups excluding carboxylic acids is 1. The Morgan fingerprint density at radius 1 is 1.27 bits per heavy atom. The van der Waals surface area contributed by atoms with Gasteiger partial charge in [0.1, 0.15) is 12.0 Å². The lowest BCUT2D eigenvalue weighted by Crippen LogP contribution is -2.24. The number of hydrogen-bond acceptors (Lipinski definition) is 4. The minimum absolute atomic E-state index is 0.164. The van der Waals surface area contributed by atoms with Gasteiger partial charge in [0.05, 0.1) is 23.3 Å². The van der Waals surface area contributed by atoms with Gasteiger partial charge in [0.25, 0.3) is 5.91 Å². The number of pyridine rings is 1. The standard InChI is InChI=1S/C18H17F2N5O/c19-11-3-10(4-13(21)5-11)16-6-12(20)9-24(16)14-1-2-25-17(7-14)15(8-23-25)18(22)26/h1-5,7-8,12,16H,6,9,21H2,(H2,22,26)/t12-,16-/m0/s1. The molecule has 4 N–H and O–H groups in total. The molecule has 134 valence electrons. The van der Waals surface area contributed by atoms with Gasteiger partial charge in [0.15, 0.2) is 0 Å². The van der Waals surface area contributed by atoms with E-state index in [9.17, 15) is 13.6 Å². The van der Waals surface area contributed by atoms with Crippen LogP contribution in [0.4, 0.5) is 20.2 Å². The van der Waals surface area contributed by atoms with Gasteiger partial charge in [-0.15, -0.1) is 0 Å². The van der Waals surface area contributed by atoms with Crippen LogP contribution in [-0.4, -0.2) is 28.2 Å². The predicted octanol–water partition coefficient (Wildman–Crippen LogP) is 2.44. The third-order valence-electron chi connectivity index (χ3n) is 4.68. The number of alkyl halides is 1. The third-order valence-corrected chi connectivity index (χ3v) is 4.68. The van der Waals surface area contributed by atoms with Crippen molar-refractivity contribution in [3.63, 3.8) is 0 Å². The molecule has 4 rings (SSSR count). The number of aromatic nitrogens is 2. The highest BCUT2D eigenvalue weighted by molar-refractivity contribution is 5.99. The van der Waals surface area contributed by atoms with E-state index in [1.807, 2.05) is 4.90 Å². The van der Waals surface area contributed by atoms with Crippen molar-refractivity contribution in [2.24, 2.45) is 5.73 Å². The van der Waals surface area contributed by atoms with Gasteiger partial charge in [-0.2, -0.15) is 5.10 Å². The monoisotopic (exact) mass is 357 g/mol. The van der Waals surface area contributed by atoms with Crippen LogP contribution < -0.4 is 16.4 Å². The van der Waals surface area contributed by atoms with Gasteiger partial charge in [-0.05, 0) is 35.9 Å². The maximum Gasteiger partial charge on any atom is 0.252 e. The number of primary amides is 1. The van der Waals surface area contributed by atoms with Crippen LogP contribution in [0, 0.1) is 5.82 Å². The van der Waals surface area contributed by atoms with Crippen LogP contribution in [0.2, 0.25) is 0 Å². The molecule has 1 saturated heterocycles. The number of amides is 1. The van der Waals surface area contributed by atoms with Crippen LogP contribution in [-0.2, 0) is 0 Å². The van der Waals surface area contributed by atoms with Gasteiger partial charge >= 0.3 is 0 Å². The van der Waals surface area contributed by atoms with E-state index in [1.165, 1.54) is 22.8 Å². The highest BCUT2D eigenvalue weighted by atomic mass is 19.1. The number of nitrogen functional groups attached to an aromatic ring is 1. The van der Waals surface area contributed by atoms with E-state index in [0.29, 0.717) is 22.5 Å². The Kier molecular flexibility index (Phi) is 3.75. The summed E-state index contributed by atoms with van der Waals surface area (Å²) in [6.45, 7) is 0.164. The molecule has 2 atom stereocenters. The maximum absolute atomic E-state index is 14.2. The Hall–Kier alpha value is -3.16. The quantitative estimate of drug-likeness (QED) is 0.705. The second kappa shape index (κ2) is 5.98. The Morgan fingerprint density at radius 3 is 2.81 bits per heavy atom. The highest BCUT2D eigenvalue weighted by Gasteiger charge is 2.34. The van der Waals surface area contributed by atoms with Crippen molar-refractivity contribution in [3.8, 4) is 0 Å². The fourth-order valence-electron chi connectivity index (χ4n) is 3.55. The zero-order chi connectivity index (χ0) is 18.4. The first-order valence-electron chi connectivity index (χ1n) is 8.16. The second-order valence-electron chi connectivity index (χ2n) is 6.46. The van der Waals surface area contributed by atoms with Crippen LogP contribution in [0.5, 0.6) is 0 Å². The molecule has 26 heavy (non-hydrogen) atoms. The molecule has 8 heteroatoms. The van der Waals surface area contributed by atoms with Crippen LogP contribution >= 0.6 is 0 Å². The van der Waals surface area contributed by atoms with Crippen molar-refractivity contribution in [2.75, 3.05) is 17.2 Å². The minimum atomic E-state index is -1.05. The van der Waals surface area contributed by atoms with E-state index in [4.69, 9.17) is 11.5 Å². The minimum Gasteiger partial charge on any atom is -0.399 e. The number of anilines is 2. The Bertz CT molecular complexity index is 982. The Labute approximate surface area is 148 Å². The molecule has 3 aromatic rings. The fraction of sp³-hybridized carbons (Fsp3) is 0.222. The van der Waals surface area contributed by atoms with Crippen molar-refractivity contribution in [2.45, 2.75) is 18.6 Å². The van der Waals surface area contributed by atoms with E-state index < -0.39 is 17.9 Å². The van der Waals surface area contributed by atoms with E-state index in [1.54, 1.807) is 24.4 Å². The summed E-state index contributed by atoms with van der Waals surface area (Å²) in [5.41, 5.74) is 13.6. The summed E-state index contributed by atoms with van der Waals surface area (Å²) >= 11 is 0. The number of nitrogens with zero attached hydrogens (tertiary/aromatic N) is 3. The zero-order valence-electron chi connectivity index (χ0n) is 13.8. The first-order chi connectivity index (χ1) is 12.4. The molecule has 0 aliphatic carbocycles. The SMILES string of the molecule is NC(=O)c1cnn2ccc(N3C[C@@H](F)C[C@H]3c3cc(N)cc(F)c3)cc12. The van der Waals surface area contributed by atoms with E-state index in [-0.39, 0.29) is 24.6 Å². The Morgan fingerprint density at radius 2 is 2.08 bits per heavy atom. The molecule has 1 fully saturated rings. The molecule has 1 aromatic carbocycles. The van der Waals surface area contributed by atoms with Crippen molar-refractivity contribution in [1.82, 2.24) is 9.61 Å². The number of hydrogen-bond donors (Lipinski definition) is 2. The molecule has 0 radical (unpaired) electrons. The first kappa shape index (κ1) is 16.3. The van der Waals surface area contributed by atoms with Gasteiger partial charge in [-0.25, -0.2) is 13.3 Å². The Balaban J connectivity index is 1.78. The third kappa shape index (κ3) is 2.73. The average Bonchev–Trinajstić information content (AvgIpc) is 3.16. The summed E-state index contributed by atoms with van der Waals surface area (Å²) in [7, 11) is 0. The number of nitrogens with two attached hydrogens (primary N) is 2. The molecular weight excluding hydrogens is 340 g/mol. The van der Waals surface area contributed by atoms with Crippen molar-refractivity contribution >= 4 is 22.8 Å². The summed E-state index contributed by atoms with van der Waals surface area (Å²) in [4.78, 5) is 13.4. The lowest BCUT2D eigenvalue weighted by atomic mass is 10.0. The molecular formula is C18H17F2N5O. The van der Waals surface area contributed by atoms with Gasteiger partial charge in [0, 0.05) is 30.5 Å². The number of halogens is 2. The molecule has 0 bridgehead atoms. The second-order valence-corrected chi connectivity index (χ2v) is 6.46. The summed E-state index contributed by atoms with van der Waals surface area (Å²) in [6, 6.07) is 7.42. The largest absolute Gasteiger partial charge is 0.399 e. The summed E-state index contributed by atoms with van der Waals surface area (Å²) < 4.78 is 29.5. The summed E-state index contributed by atoms with van der Waals surface area (Å²) in [6.07, 6.45) is 2.25. The number of fused-ring (bicyclic) bond motifs is 1. The summed E-state index contributed by atoms with van der Waals surface area (Å²) in [5, 5.41) is 4.08. The van der Waals surface area contributed by atoms with Crippen LogP contribution in [0.15, 0.2) is 42.7 Å². The highest BCUT2D eigenvalue weighted by Crippen LogP contribution is 2.38. The smallest absolute Gasteiger partial charge is 0.252 e. The van der Waals surface area contributed by atoms with Crippen molar-refractivity contribution < 1.29 is 13.6 Å². The normalized spacial score (nSPS) is 20.0. The molecule has 2 aromatic heterocycles. The number of benzene rings is 1. The summed E-state index contributed by atoms with van der Waals surface area (Å²) in [5.74, 6) is -1.04. The molecule has 1 aliphatic rings. The van der Waals surface area contributed by atoms with Gasteiger partial charge in [-0.1, -0.05) is 0 Å². The molecule has 6 nitrogen and oxygen atoms in total. The molecule has 1 amide bonds. The van der Waals surface area contributed by atoms with E-state index in [2.05, 4.69) is 5.10 Å². The zero-order valence-corrected chi connectivity index (χ0v) is 13.8. The molecule has 0 unspecified atom stereocenters. The average molecular weight is 357 g/mol. The van der Waals surface area contributed by atoms with Crippen molar-refractivity contribution in [1.29, 1.82) is 0 Å². The maximum atomic E-state index is 14.2. The van der Waals surface area contributed by atoms with Crippen LogP contribution in [0.25, 0.3) is 5.52 Å². The van der Waals surface area contributed by atoms with Crippen LogP contribution in [0.1, 0.15) is 28.4 Å². The predicted molar refractivity (Wildman–Crippen MR) is 94.1 cm³/mol. The van der Waals surface area contributed by atoms with E-state index in [0.717, 1.165) is 0 Å². The topological polar surface area (TPSA) is 89.7 Å². The molecule has 0 saturated carbocycles. The van der Waals surface area contributed by atoms with Crippen LogP contribution in [0.3, 0.4) is 0 Å². The van der Waals surface area contributed by atoms with E-state index >= 15 is 0 Å². The van der Waals surface area contributed by atoms with Gasteiger partial charge in [0.2, 0.25) is 0 Å². The molecule has 1 aliphatic heterocycles. The fourth-order valence-corrected chi connectivity index (χ4v) is 3.55. The lowest BCUT2D eigenvalue weighted by Gasteiger charge is -2.27. The number of carbonyl (C=O) groups is 1. The van der Waals surface area contributed by atoms with Crippen molar-refractivity contribution in [3.05, 3.63) is 59.7 Å². The number of rotatable bonds is 3. The van der Waals surface area contributed by atoms with Gasteiger partial charge < -0.3 is 16.4 Å². The molecule has 0 spiro atoms.